The van der Waals surface area contributed by atoms with E-state index in [1.165, 1.54) is 10.6 Å². The van der Waals surface area contributed by atoms with Crippen LogP contribution in [0, 0.1) is 0 Å². The van der Waals surface area contributed by atoms with E-state index in [4.69, 9.17) is 5.73 Å². The van der Waals surface area contributed by atoms with Gasteiger partial charge in [-0.3, -0.25) is 14.3 Å². The highest BCUT2D eigenvalue weighted by Crippen LogP contribution is 2.13. The van der Waals surface area contributed by atoms with Gasteiger partial charge in [-0.25, -0.2) is 4.79 Å². The molecule has 104 valence electrons. The van der Waals surface area contributed by atoms with E-state index in [2.05, 4.69) is 4.98 Å². The van der Waals surface area contributed by atoms with Crippen molar-refractivity contribution < 1.29 is 0 Å². The number of rotatable bonds is 2. The SMILES string of the molecule is CCn1c(=O)cc(N2CC[C@@H](N)C2)[nH]c1=O.Cl.Cl. The molecule has 8 heteroatoms. The van der Waals surface area contributed by atoms with Gasteiger partial charge >= 0.3 is 5.69 Å². The Balaban J connectivity index is 0.00000144. The summed E-state index contributed by atoms with van der Waals surface area (Å²) in [5.74, 6) is 0.577. The Labute approximate surface area is 117 Å². The summed E-state index contributed by atoms with van der Waals surface area (Å²) in [5, 5.41) is 0. The molecule has 0 unspecified atom stereocenters. The Kier molecular flexibility index (Phi) is 6.45. The first-order chi connectivity index (χ1) is 7.61. The summed E-state index contributed by atoms with van der Waals surface area (Å²) in [5.41, 5.74) is 5.16. The van der Waals surface area contributed by atoms with Gasteiger partial charge in [0, 0.05) is 31.7 Å². The summed E-state index contributed by atoms with van der Waals surface area (Å²) in [6.45, 7) is 3.62. The molecule has 0 saturated carbocycles. The van der Waals surface area contributed by atoms with E-state index in [0.717, 1.165) is 13.0 Å². The van der Waals surface area contributed by atoms with Crippen molar-refractivity contribution in [2.75, 3.05) is 18.0 Å². The fraction of sp³-hybridized carbons (Fsp3) is 0.600. The molecular formula is C10H18Cl2N4O2. The molecule has 3 N–H and O–H groups in total. The number of halogens is 2. The lowest BCUT2D eigenvalue weighted by atomic mass is 10.3. The highest BCUT2D eigenvalue weighted by molar-refractivity contribution is 5.85. The minimum absolute atomic E-state index is 0. The number of nitrogens with two attached hydrogens (primary N) is 1. The van der Waals surface area contributed by atoms with Crippen molar-refractivity contribution in [2.24, 2.45) is 5.73 Å². The number of aromatic amines is 1. The molecule has 0 spiro atoms. The smallest absolute Gasteiger partial charge is 0.329 e. The molecule has 1 aliphatic rings. The lowest BCUT2D eigenvalue weighted by Gasteiger charge is -2.17. The number of nitrogens with zero attached hydrogens (tertiary/aromatic N) is 2. The van der Waals surface area contributed by atoms with E-state index in [1.807, 2.05) is 4.90 Å². The number of nitrogens with one attached hydrogen (secondary N) is 1. The Hall–Kier alpha value is -0.980. The molecule has 0 aromatic carbocycles. The number of H-pyrrole nitrogens is 1. The number of hydrogen-bond acceptors (Lipinski definition) is 4. The van der Waals surface area contributed by atoms with Crippen LogP contribution in [0.1, 0.15) is 13.3 Å². The normalized spacial score (nSPS) is 18.1. The molecule has 1 fully saturated rings. The molecule has 0 amide bonds. The second-order valence-electron chi connectivity index (χ2n) is 4.04. The van der Waals surface area contributed by atoms with Crippen LogP contribution in [0.5, 0.6) is 0 Å². The lowest BCUT2D eigenvalue weighted by molar-refractivity contribution is 0.668. The molecule has 1 aliphatic heterocycles. The fourth-order valence-electron chi connectivity index (χ4n) is 1.98. The van der Waals surface area contributed by atoms with Crippen molar-refractivity contribution in [3.8, 4) is 0 Å². The molecule has 0 bridgehead atoms. The van der Waals surface area contributed by atoms with Crippen LogP contribution in [-0.4, -0.2) is 28.7 Å². The summed E-state index contributed by atoms with van der Waals surface area (Å²) < 4.78 is 1.17. The van der Waals surface area contributed by atoms with Crippen molar-refractivity contribution in [3.63, 3.8) is 0 Å². The maximum absolute atomic E-state index is 11.6. The molecule has 2 rings (SSSR count). The Morgan fingerprint density at radius 1 is 1.44 bits per heavy atom. The van der Waals surface area contributed by atoms with Gasteiger partial charge in [0.2, 0.25) is 0 Å². The molecular weight excluding hydrogens is 279 g/mol. The van der Waals surface area contributed by atoms with Gasteiger partial charge in [-0.05, 0) is 13.3 Å². The molecule has 0 aliphatic carbocycles. The third kappa shape index (κ3) is 3.28. The van der Waals surface area contributed by atoms with E-state index < -0.39 is 0 Å². The molecule has 1 atom stereocenters. The van der Waals surface area contributed by atoms with Gasteiger partial charge in [-0.15, -0.1) is 24.8 Å². The first kappa shape index (κ1) is 17.0. The fourth-order valence-corrected chi connectivity index (χ4v) is 1.98. The molecule has 2 heterocycles. The van der Waals surface area contributed by atoms with Crippen LogP contribution in [0.15, 0.2) is 15.7 Å². The van der Waals surface area contributed by atoms with Crippen molar-refractivity contribution in [1.82, 2.24) is 9.55 Å². The number of hydrogen-bond donors (Lipinski definition) is 2. The molecule has 1 saturated heterocycles. The number of aromatic nitrogens is 2. The minimum Gasteiger partial charge on any atom is -0.356 e. The van der Waals surface area contributed by atoms with E-state index in [0.29, 0.717) is 18.9 Å². The first-order valence-corrected chi connectivity index (χ1v) is 5.46. The summed E-state index contributed by atoms with van der Waals surface area (Å²) in [6, 6.07) is 1.58. The van der Waals surface area contributed by atoms with Crippen LogP contribution >= 0.6 is 24.8 Å². The molecule has 1 aromatic heterocycles. The third-order valence-electron chi connectivity index (χ3n) is 2.89. The van der Waals surface area contributed by atoms with Crippen molar-refractivity contribution >= 4 is 30.6 Å². The predicted octanol–water partition coefficient (Wildman–Crippen LogP) is -0.0625. The zero-order valence-electron chi connectivity index (χ0n) is 10.1. The van der Waals surface area contributed by atoms with Gasteiger partial charge in [0.05, 0.1) is 0 Å². The molecule has 0 radical (unpaired) electrons. The van der Waals surface area contributed by atoms with E-state index >= 15 is 0 Å². The van der Waals surface area contributed by atoms with Gasteiger partial charge in [-0.1, -0.05) is 0 Å². The van der Waals surface area contributed by atoms with E-state index in [1.54, 1.807) is 6.92 Å². The highest BCUT2D eigenvalue weighted by atomic mass is 35.5. The van der Waals surface area contributed by atoms with Crippen LogP contribution in [-0.2, 0) is 6.54 Å². The van der Waals surface area contributed by atoms with Crippen LogP contribution in [0.3, 0.4) is 0 Å². The maximum Gasteiger partial charge on any atom is 0.329 e. The van der Waals surface area contributed by atoms with Gasteiger partial charge in [-0.2, -0.15) is 0 Å². The summed E-state index contributed by atoms with van der Waals surface area (Å²) in [7, 11) is 0. The predicted molar refractivity (Wildman–Crippen MR) is 76.3 cm³/mol. The summed E-state index contributed by atoms with van der Waals surface area (Å²) in [6.07, 6.45) is 0.888. The van der Waals surface area contributed by atoms with Gasteiger partial charge in [0.25, 0.3) is 5.56 Å². The van der Waals surface area contributed by atoms with Crippen LogP contribution in [0.2, 0.25) is 0 Å². The maximum atomic E-state index is 11.6. The molecule has 18 heavy (non-hydrogen) atoms. The molecule has 6 nitrogen and oxygen atoms in total. The van der Waals surface area contributed by atoms with Crippen molar-refractivity contribution in [3.05, 3.63) is 26.9 Å². The monoisotopic (exact) mass is 296 g/mol. The van der Waals surface area contributed by atoms with E-state index in [-0.39, 0.29) is 42.1 Å². The second-order valence-corrected chi connectivity index (χ2v) is 4.04. The largest absolute Gasteiger partial charge is 0.356 e. The average molecular weight is 297 g/mol. The highest BCUT2D eigenvalue weighted by Gasteiger charge is 2.20. The van der Waals surface area contributed by atoms with Crippen molar-refractivity contribution in [1.29, 1.82) is 0 Å². The Bertz CT molecular complexity index is 468. The standard InChI is InChI=1S/C10H16N4O2.2ClH/c1-2-14-9(15)5-8(12-10(14)16)13-4-3-7(11)6-13;;/h5,7H,2-4,6,11H2,1H3,(H,12,16);2*1H/t7-;;/m1../s1. The van der Waals surface area contributed by atoms with Crippen LogP contribution in [0.25, 0.3) is 0 Å². The number of anilines is 1. The quantitative estimate of drug-likeness (QED) is 0.801. The van der Waals surface area contributed by atoms with Gasteiger partial charge < -0.3 is 10.6 Å². The van der Waals surface area contributed by atoms with Crippen LogP contribution in [0.4, 0.5) is 5.82 Å². The summed E-state index contributed by atoms with van der Waals surface area (Å²) in [4.78, 5) is 27.8. The molecule has 1 aromatic rings. The van der Waals surface area contributed by atoms with Crippen LogP contribution < -0.4 is 21.9 Å². The Morgan fingerprint density at radius 3 is 2.56 bits per heavy atom. The van der Waals surface area contributed by atoms with Crippen molar-refractivity contribution in [2.45, 2.75) is 25.9 Å². The summed E-state index contributed by atoms with van der Waals surface area (Å²) >= 11 is 0. The Morgan fingerprint density at radius 2 is 2.11 bits per heavy atom. The van der Waals surface area contributed by atoms with Gasteiger partial charge in [0.15, 0.2) is 0 Å². The zero-order valence-corrected chi connectivity index (χ0v) is 11.7. The third-order valence-corrected chi connectivity index (χ3v) is 2.89. The first-order valence-electron chi connectivity index (χ1n) is 5.46. The van der Waals surface area contributed by atoms with Gasteiger partial charge in [0.1, 0.15) is 5.82 Å². The second kappa shape index (κ2) is 6.82. The minimum atomic E-state index is -0.356. The topological polar surface area (TPSA) is 84.1 Å². The average Bonchev–Trinajstić information content (AvgIpc) is 2.64. The zero-order chi connectivity index (χ0) is 11.7. The van der Waals surface area contributed by atoms with E-state index in [9.17, 15) is 9.59 Å². The lowest BCUT2D eigenvalue weighted by Crippen LogP contribution is -2.37.